The summed E-state index contributed by atoms with van der Waals surface area (Å²) in [6.07, 6.45) is 1.80. The summed E-state index contributed by atoms with van der Waals surface area (Å²) < 4.78 is 10.5. The van der Waals surface area contributed by atoms with E-state index in [0.29, 0.717) is 30.8 Å². The van der Waals surface area contributed by atoms with Crippen LogP contribution >= 0.6 is 0 Å². The van der Waals surface area contributed by atoms with Gasteiger partial charge in [0.05, 0.1) is 25.6 Å². The first kappa shape index (κ1) is 18.1. The van der Waals surface area contributed by atoms with Crippen molar-refractivity contribution >= 4 is 11.9 Å². The molecule has 2 rings (SSSR count). The Kier molecular flexibility index (Phi) is 5.36. The Morgan fingerprint density at radius 1 is 1.17 bits per heavy atom. The van der Waals surface area contributed by atoms with E-state index < -0.39 is 11.4 Å². The van der Waals surface area contributed by atoms with Gasteiger partial charge in [0, 0.05) is 6.04 Å². The summed E-state index contributed by atoms with van der Waals surface area (Å²) >= 11 is 0. The molecule has 6 nitrogen and oxygen atoms in total. The van der Waals surface area contributed by atoms with Gasteiger partial charge >= 0.3 is 5.97 Å². The SMILES string of the molecule is COc1ccc(C(C)(C)C(=O)N[C@H]2CC[C@@H](C(=O)O)C2)cc1OC. The number of hydrogen-bond acceptors (Lipinski definition) is 4. The van der Waals surface area contributed by atoms with Gasteiger partial charge in [-0.2, -0.15) is 0 Å². The third-order valence-corrected chi connectivity index (χ3v) is 4.79. The molecule has 2 N–H and O–H groups in total. The van der Waals surface area contributed by atoms with Crippen molar-refractivity contribution in [2.45, 2.75) is 44.6 Å². The predicted octanol–water partition coefficient (Wildman–Crippen LogP) is 2.35. The quantitative estimate of drug-likeness (QED) is 0.833. The maximum Gasteiger partial charge on any atom is 0.306 e. The number of methoxy groups -OCH3 is 2. The Morgan fingerprint density at radius 2 is 1.83 bits per heavy atom. The van der Waals surface area contributed by atoms with E-state index >= 15 is 0 Å². The lowest BCUT2D eigenvalue weighted by Crippen LogP contribution is -2.44. The van der Waals surface area contributed by atoms with Gasteiger partial charge in [0.15, 0.2) is 11.5 Å². The normalized spacial score (nSPS) is 20.5. The van der Waals surface area contributed by atoms with Crippen molar-refractivity contribution < 1.29 is 24.2 Å². The molecular weight excluding hydrogens is 310 g/mol. The molecule has 24 heavy (non-hydrogen) atoms. The summed E-state index contributed by atoms with van der Waals surface area (Å²) in [5.74, 6) is -0.0867. The molecule has 0 unspecified atom stereocenters. The molecule has 1 fully saturated rings. The van der Waals surface area contributed by atoms with Crippen molar-refractivity contribution in [3.8, 4) is 11.5 Å². The van der Waals surface area contributed by atoms with Crippen molar-refractivity contribution in [2.24, 2.45) is 5.92 Å². The van der Waals surface area contributed by atoms with Crippen LogP contribution in [0.3, 0.4) is 0 Å². The van der Waals surface area contributed by atoms with Crippen LogP contribution in [0, 0.1) is 5.92 Å². The molecule has 132 valence electrons. The molecule has 1 aliphatic carbocycles. The standard InChI is InChI=1S/C18H25NO5/c1-18(2,12-6-8-14(23-3)15(10-12)24-4)17(22)19-13-7-5-11(9-13)16(20)21/h6,8,10-11,13H,5,7,9H2,1-4H3,(H,19,22)(H,20,21)/t11-,13+/m1/s1. The molecular formula is C18H25NO5. The number of rotatable bonds is 6. The van der Waals surface area contributed by atoms with Crippen molar-refractivity contribution in [3.63, 3.8) is 0 Å². The van der Waals surface area contributed by atoms with Crippen LogP contribution in [0.2, 0.25) is 0 Å². The number of benzene rings is 1. The van der Waals surface area contributed by atoms with Crippen LogP contribution in [0.15, 0.2) is 18.2 Å². The fourth-order valence-electron chi connectivity index (χ4n) is 3.06. The van der Waals surface area contributed by atoms with Gasteiger partial charge in [0.25, 0.3) is 0 Å². The van der Waals surface area contributed by atoms with Crippen LogP contribution in [0.1, 0.15) is 38.7 Å². The van der Waals surface area contributed by atoms with Gasteiger partial charge < -0.3 is 19.9 Å². The molecule has 1 aliphatic rings. The molecule has 1 saturated carbocycles. The third kappa shape index (κ3) is 3.63. The summed E-state index contributed by atoms with van der Waals surface area (Å²) in [4.78, 5) is 23.8. The molecule has 6 heteroatoms. The molecule has 0 spiro atoms. The van der Waals surface area contributed by atoms with Gasteiger partial charge in [-0.1, -0.05) is 6.07 Å². The van der Waals surface area contributed by atoms with Crippen molar-refractivity contribution in [3.05, 3.63) is 23.8 Å². The maximum atomic E-state index is 12.7. The van der Waals surface area contributed by atoms with Gasteiger partial charge in [-0.05, 0) is 50.8 Å². The lowest BCUT2D eigenvalue weighted by atomic mass is 9.83. The Morgan fingerprint density at radius 3 is 2.38 bits per heavy atom. The average molecular weight is 335 g/mol. The number of carboxylic acids is 1. The molecule has 1 amide bonds. The fourth-order valence-corrected chi connectivity index (χ4v) is 3.06. The molecule has 0 bridgehead atoms. The number of aliphatic carboxylic acids is 1. The molecule has 1 aromatic carbocycles. The van der Waals surface area contributed by atoms with Gasteiger partial charge in [0.1, 0.15) is 0 Å². The molecule has 0 heterocycles. The van der Waals surface area contributed by atoms with Gasteiger partial charge in [-0.3, -0.25) is 9.59 Å². The summed E-state index contributed by atoms with van der Waals surface area (Å²) in [5, 5.41) is 12.1. The Hall–Kier alpha value is -2.24. The molecule has 1 aromatic rings. The first-order valence-corrected chi connectivity index (χ1v) is 8.05. The fraction of sp³-hybridized carbons (Fsp3) is 0.556. The van der Waals surface area contributed by atoms with Crippen LogP contribution < -0.4 is 14.8 Å². The zero-order valence-electron chi connectivity index (χ0n) is 14.6. The van der Waals surface area contributed by atoms with E-state index in [1.165, 1.54) is 0 Å². The first-order valence-electron chi connectivity index (χ1n) is 8.05. The van der Waals surface area contributed by atoms with Gasteiger partial charge in [-0.15, -0.1) is 0 Å². The molecule has 0 radical (unpaired) electrons. The number of amides is 1. The Balaban J connectivity index is 2.12. The van der Waals surface area contributed by atoms with E-state index in [9.17, 15) is 9.59 Å². The van der Waals surface area contributed by atoms with Crippen LogP contribution in [-0.2, 0) is 15.0 Å². The number of ether oxygens (including phenoxy) is 2. The third-order valence-electron chi connectivity index (χ3n) is 4.79. The Bertz CT molecular complexity index is 626. The highest BCUT2D eigenvalue weighted by molar-refractivity contribution is 5.88. The van der Waals surface area contributed by atoms with Crippen molar-refractivity contribution in [2.75, 3.05) is 14.2 Å². The summed E-state index contributed by atoms with van der Waals surface area (Å²) in [7, 11) is 3.12. The minimum Gasteiger partial charge on any atom is -0.493 e. The van der Waals surface area contributed by atoms with E-state index in [0.717, 1.165) is 5.56 Å². The average Bonchev–Trinajstić information content (AvgIpc) is 3.02. The Labute approximate surface area is 142 Å². The molecule has 0 saturated heterocycles. The minimum atomic E-state index is -0.786. The van der Waals surface area contributed by atoms with Gasteiger partial charge in [0.2, 0.25) is 5.91 Å². The summed E-state index contributed by atoms with van der Waals surface area (Å²) in [5.41, 5.74) is 0.0476. The van der Waals surface area contributed by atoms with E-state index in [4.69, 9.17) is 14.6 Å². The number of nitrogens with one attached hydrogen (secondary N) is 1. The van der Waals surface area contributed by atoms with E-state index in [1.807, 2.05) is 19.9 Å². The molecule has 0 aliphatic heterocycles. The highest BCUT2D eigenvalue weighted by Gasteiger charge is 2.35. The van der Waals surface area contributed by atoms with Crippen LogP contribution in [-0.4, -0.2) is 37.2 Å². The number of carboxylic acid groups (broad SMARTS) is 1. The zero-order chi connectivity index (χ0) is 17.9. The van der Waals surface area contributed by atoms with E-state index in [-0.39, 0.29) is 17.9 Å². The number of carbonyl (C=O) groups is 2. The lowest BCUT2D eigenvalue weighted by molar-refractivity contribution is -0.141. The largest absolute Gasteiger partial charge is 0.493 e. The number of carbonyl (C=O) groups excluding carboxylic acids is 1. The smallest absolute Gasteiger partial charge is 0.306 e. The van der Waals surface area contributed by atoms with Crippen molar-refractivity contribution in [1.82, 2.24) is 5.32 Å². The highest BCUT2D eigenvalue weighted by atomic mass is 16.5. The predicted molar refractivity (Wildman–Crippen MR) is 89.5 cm³/mol. The summed E-state index contributed by atoms with van der Waals surface area (Å²) in [6, 6.07) is 5.33. The monoisotopic (exact) mass is 335 g/mol. The first-order chi connectivity index (χ1) is 11.3. The van der Waals surface area contributed by atoms with Crippen LogP contribution in [0.5, 0.6) is 11.5 Å². The van der Waals surface area contributed by atoms with E-state index in [2.05, 4.69) is 5.32 Å². The maximum absolute atomic E-state index is 12.7. The second-order valence-electron chi connectivity index (χ2n) is 6.71. The minimum absolute atomic E-state index is 0.0852. The second kappa shape index (κ2) is 7.11. The second-order valence-corrected chi connectivity index (χ2v) is 6.71. The van der Waals surface area contributed by atoms with Crippen LogP contribution in [0.25, 0.3) is 0 Å². The topological polar surface area (TPSA) is 84.9 Å². The van der Waals surface area contributed by atoms with E-state index in [1.54, 1.807) is 26.4 Å². The van der Waals surface area contributed by atoms with Crippen molar-refractivity contribution in [1.29, 1.82) is 0 Å². The molecule has 2 atom stereocenters. The summed E-state index contributed by atoms with van der Waals surface area (Å²) in [6.45, 7) is 3.68. The van der Waals surface area contributed by atoms with Crippen LogP contribution in [0.4, 0.5) is 0 Å². The lowest BCUT2D eigenvalue weighted by Gasteiger charge is -2.27. The zero-order valence-corrected chi connectivity index (χ0v) is 14.6. The highest BCUT2D eigenvalue weighted by Crippen LogP contribution is 2.34. The number of hydrogen-bond donors (Lipinski definition) is 2. The molecule has 0 aromatic heterocycles. The van der Waals surface area contributed by atoms with Gasteiger partial charge in [-0.25, -0.2) is 0 Å².